The highest BCUT2D eigenvalue weighted by Gasteiger charge is 2.15. The number of hydrogen-bond acceptors (Lipinski definition) is 5. The summed E-state index contributed by atoms with van der Waals surface area (Å²) < 4.78 is 10.6. The van der Waals surface area contributed by atoms with Crippen LogP contribution in [-0.2, 0) is 9.47 Å². The molecule has 20 heavy (non-hydrogen) atoms. The molecule has 1 saturated heterocycles. The summed E-state index contributed by atoms with van der Waals surface area (Å²) >= 11 is 1.61. The van der Waals surface area contributed by atoms with Crippen LogP contribution >= 0.6 is 11.8 Å². The maximum Gasteiger partial charge on any atom is 0.208 e. The van der Waals surface area contributed by atoms with E-state index in [4.69, 9.17) is 9.47 Å². The maximum absolute atomic E-state index is 5.50. The molecule has 2 aromatic rings. The Kier molecular flexibility index (Phi) is 4.34. The second-order valence-electron chi connectivity index (χ2n) is 4.75. The molecule has 6 heteroatoms. The summed E-state index contributed by atoms with van der Waals surface area (Å²) in [7, 11) is 0. The number of rotatable bonds is 4. The third-order valence-corrected chi connectivity index (χ3v) is 4.14. The molecular weight excluding hydrogens is 274 g/mol. The number of hydrogen-bond donors (Lipinski definition) is 1. The van der Waals surface area contributed by atoms with Gasteiger partial charge >= 0.3 is 0 Å². The van der Waals surface area contributed by atoms with Crippen LogP contribution in [0.4, 0.5) is 0 Å². The van der Waals surface area contributed by atoms with Crippen LogP contribution in [0.15, 0.2) is 29.4 Å². The molecule has 0 radical (unpaired) electrons. The molecule has 1 aliphatic rings. The third kappa shape index (κ3) is 3.39. The van der Waals surface area contributed by atoms with E-state index in [1.807, 2.05) is 12.1 Å². The van der Waals surface area contributed by atoms with E-state index in [0.717, 1.165) is 35.3 Å². The van der Waals surface area contributed by atoms with Gasteiger partial charge in [-0.15, -0.1) is 5.10 Å². The number of thioether (sulfide) groups is 1. The van der Waals surface area contributed by atoms with E-state index in [2.05, 4.69) is 34.2 Å². The minimum atomic E-state index is 0.232. The highest BCUT2D eigenvalue weighted by atomic mass is 32.2. The fourth-order valence-electron chi connectivity index (χ4n) is 1.95. The first-order chi connectivity index (χ1) is 9.81. The van der Waals surface area contributed by atoms with E-state index < -0.39 is 0 Å². The SMILES string of the molecule is Cc1ccc(-c2nc(SC[C@@H]3CCOCO3)n[nH]2)cc1. The number of ether oxygens (including phenoxy) is 2. The lowest BCUT2D eigenvalue weighted by Crippen LogP contribution is -2.25. The number of aromatic nitrogens is 3. The lowest BCUT2D eigenvalue weighted by Gasteiger charge is -2.21. The van der Waals surface area contributed by atoms with Crippen LogP contribution < -0.4 is 0 Å². The van der Waals surface area contributed by atoms with Crippen molar-refractivity contribution in [3.63, 3.8) is 0 Å². The molecule has 0 unspecified atom stereocenters. The first-order valence-electron chi connectivity index (χ1n) is 6.63. The van der Waals surface area contributed by atoms with Crippen LogP contribution in [0.1, 0.15) is 12.0 Å². The van der Waals surface area contributed by atoms with Crippen molar-refractivity contribution in [2.24, 2.45) is 0 Å². The quantitative estimate of drug-likeness (QED) is 0.878. The van der Waals surface area contributed by atoms with Crippen LogP contribution in [0.25, 0.3) is 11.4 Å². The van der Waals surface area contributed by atoms with Crippen molar-refractivity contribution in [2.45, 2.75) is 24.6 Å². The number of nitrogens with zero attached hydrogens (tertiary/aromatic N) is 2. The number of aromatic amines is 1. The van der Waals surface area contributed by atoms with Crippen LogP contribution in [0.5, 0.6) is 0 Å². The molecule has 5 nitrogen and oxygen atoms in total. The Bertz CT molecular complexity index is 550. The van der Waals surface area contributed by atoms with Crippen molar-refractivity contribution in [1.82, 2.24) is 15.2 Å². The minimum absolute atomic E-state index is 0.232. The van der Waals surface area contributed by atoms with Crippen LogP contribution in [0, 0.1) is 6.92 Å². The largest absolute Gasteiger partial charge is 0.355 e. The maximum atomic E-state index is 5.50. The molecule has 1 fully saturated rings. The summed E-state index contributed by atoms with van der Waals surface area (Å²) in [5, 5.41) is 7.98. The van der Waals surface area contributed by atoms with E-state index in [1.54, 1.807) is 11.8 Å². The van der Waals surface area contributed by atoms with Gasteiger partial charge in [0.05, 0.1) is 12.7 Å². The van der Waals surface area contributed by atoms with Gasteiger partial charge < -0.3 is 9.47 Å². The first kappa shape index (κ1) is 13.6. The molecule has 106 valence electrons. The van der Waals surface area contributed by atoms with E-state index >= 15 is 0 Å². The lowest BCUT2D eigenvalue weighted by atomic mass is 10.1. The molecule has 0 aliphatic carbocycles. The third-order valence-electron chi connectivity index (χ3n) is 3.16. The number of H-pyrrole nitrogens is 1. The van der Waals surface area contributed by atoms with Crippen LogP contribution in [0.2, 0.25) is 0 Å². The van der Waals surface area contributed by atoms with E-state index in [0.29, 0.717) is 6.79 Å². The lowest BCUT2D eigenvalue weighted by molar-refractivity contribution is -0.130. The Labute approximate surface area is 122 Å². The zero-order valence-corrected chi connectivity index (χ0v) is 12.2. The van der Waals surface area contributed by atoms with Gasteiger partial charge in [0.2, 0.25) is 5.16 Å². The van der Waals surface area contributed by atoms with Gasteiger partial charge in [0.25, 0.3) is 0 Å². The summed E-state index contributed by atoms with van der Waals surface area (Å²) in [6, 6.07) is 8.23. The zero-order valence-electron chi connectivity index (χ0n) is 11.3. The smallest absolute Gasteiger partial charge is 0.208 e. The molecule has 0 saturated carbocycles. The van der Waals surface area contributed by atoms with Crippen molar-refractivity contribution < 1.29 is 9.47 Å². The Morgan fingerprint density at radius 3 is 2.95 bits per heavy atom. The van der Waals surface area contributed by atoms with Gasteiger partial charge in [-0.3, -0.25) is 5.10 Å². The van der Waals surface area contributed by atoms with Gasteiger partial charge in [0.1, 0.15) is 6.79 Å². The highest BCUT2D eigenvalue weighted by molar-refractivity contribution is 7.99. The fourth-order valence-corrected chi connectivity index (χ4v) is 2.82. The van der Waals surface area contributed by atoms with Crippen molar-refractivity contribution in [1.29, 1.82) is 0 Å². The molecule has 1 aromatic carbocycles. The number of benzene rings is 1. The molecular formula is C14H17N3O2S. The molecule has 0 spiro atoms. The predicted molar refractivity (Wildman–Crippen MR) is 77.6 cm³/mol. The van der Waals surface area contributed by atoms with E-state index in [-0.39, 0.29) is 6.10 Å². The fraction of sp³-hybridized carbons (Fsp3) is 0.429. The van der Waals surface area contributed by atoms with Gasteiger partial charge in [-0.2, -0.15) is 0 Å². The first-order valence-corrected chi connectivity index (χ1v) is 7.61. The van der Waals surface area contributed by atoms with Crippen molar-refractivity contribution in [2.75, 3.05) is 19.2 Å². The summed E-state index contributed by atoms with van der Waals surface area (Å²) in [5.41, 5.74) is 2.29. The monoisotopic (exact) mass is 291 g/mol. The molecule has 3 rings (SSSR count). The summed E-state index contributed by atoms with van der Waals surface area (Å²) in [6.45, 7) is 3.24. The average molecular weight is 291 g/mol. The minimum Gasteiger partial charge on any atom is -0.355 e. The summed E-state index contributed by atoms with van der Waals surface area (Å²) in [6.07, 6.45) is 1.16. The second kappa shape index (κ2) is 6.39. The molecule has 1 atom stereocenters. The molecule has 2 heterocycles. The molecule has 1 aliphatic heterocycles. The molecule has 0 bridgehead atoms. The molecule has 1 aromatic heterocycles. The predicted octanol–water partition coefficient (Wildman–Crippen LogP) is 2.64. The standard InChI is InChI=1S/C14H17N3O2S/c1-10-2-4-11(5-3-10)13-15-14(17-16-13)20-8-12-6-7-18-9-19-12/h2-5,12H,6-9H2,1H3,(H,15,16,17)/t12-/m0/s1. The van der Waals surface area contributed by atoms with Gasteiger partial charge in [-0.1, -0.05) is 41.6 Å². The Morgan fingerprint density at radius 1 is 1.35 bits per heavy atom. The summed E-state index contributed by atoms with van der Waals surface area (Å²) in [5.74, 6) is 1.66. The van der Waals surface area contributed by atoms with Crippen molar-refractivity contribution >= 4 is 11.8 Å². The van der Waals surface area contributed by atoms with Gasteiger partial charge in [0.15, 0.2) is 5.82 Å². The Balaban J connectivity index is 1.60. The Morgan fingerprint density at radius 2 is 2.20 bits per heavy atom. The van der Waals surface area contributed by atoms with Crippen molar-refractivity contribution in [3.8, 4) is 11.4 Å². The highest BCUT2D eigenvalue weighted by Crippen LogP contribution is 2.22. The van der Waals surface area contributed by atoms with Gasteiger partial charge in [-0.05, 0) is 13.3 Å². The van der Waals surface area contributed by atoms with E-state index in [9.17, 15) is 0 Å². The average Bonchev–Trinajstić information content (AvgIpc) is 2.96. The molecule has 1 N–H and O–H groups in total. The number of nitrogens with one attached hydrogen (secondary N) is 1. The normalized spacial score (nSPS) is 19.1. The van der Waals surface area contributed by atoms with Gasteiger partial charge in [-0.25, -0.2) is 4.98 Å². The zero-order chi connectivity index (χ0) is 13.8. The molecule has 0 amide bonds. The number of aryl methyl sites for hydroxylation is 1. The van der Waals surface area contributed by atoms with Crippen molar-refractivity contribution in [3.05, 3.63) is 29.8 Å². The summed E-state index contributed by atoms with van der Waals surface area (Å²) in [4.78, 5) is 4.50. The second-order valence-corrected chi connectivity index (χ2v) is 5.73. The van der Waals surface area contributed by atoms with E-state index in [1.165, 1.54) is 5.56 Å². The van der Waals surface area contributed by atoms with Crippen LogP contribution in [-0.4, -0.2) is 40.4 Å². The topological polar surface area (TPSA) is 60.0 Å². The van der Waals surface area contributed by atoms with Crippen LogP contribution in [0.3, 0.4) is 0 Å². The Hall–Kier alpha value is -1.37. The van der Waals surface area contributed by atoms with Gasteiger partial charge in [0, 0.05) is 11.3 Å².